The van der Waals surface area contributed by atoms with Gasteiger partial charge < -0.3 is 15.7 Å². The SMILES string of the molecule is CC.O=C(NCC(O)CN1CCc2ccccc2C1)C1=CCNC=C1. The fraction of sp³-hybridized carbons (Fsp3) is 0.450. The van der Waals surface area contributed by atoms with E-state index in [1.54, 1.807) is 12.3 Å². The van der Waals surface area contributed by atoms with Crippen LogP contribution in [0.2, 0.25) is 0 Å². The summed E-state index contributed by atoms with van der Waals surface area (Å²) < 4.78 is 0. The van der Waals surface area contributed by atoms with Crippen LogP contribution >= 0.6 is 0 Å². The molecule has 1 aromatic rings. The van der Waals surface area contributed by atoms with Crippen LogP contribution in [0, 0.1) is 0 Å². The van der Waals surface area contributed by atoms with Crippen molar-refractivity contribution in [1.29, 1.82) is 0 Å². The molecule has 1 unspecified atom stereocenters. The van der Waals surface area contributed by atoms with Crippen molar-refractivity contribution in [3.63, 3.8) is 0 Å². The molecule has 3 N–H and O–H groups in total. The van der Waals surface area contributed by atoms with Crippen molar-refractivity contribution >= 4 is 5.91 Å². The average Bonchev–Trinajstić information content (AvgIpc) is 2.68. The molecule has 0 fully saturated rings. The number of aliphatic hydroxyl groups is 1. The number of carbonyl (C=O) groups excluding carboxylic acids is 1. The molecular formula is C20H29N3O2. The lowest BCUT2D eigenvalue weighted by atomic mass is 10.00. The number of nitrogens with one attached hydrogen (secondary N) is 2. The van der Waals surface area contributed by atoms with E-state index in [0.717, 1.165) is 19.5 Å². The Bertz CT molecular complexity index is 625. The third-order valence-electron chi connectivity index (χ3n) is 4.26. The molecule has 5 nitrogen and oxygen atoms in total. The van der Waals surface area contributed by atoms with Crippen molar-refractivity contribution in [2.24, 2.45) is 0 Å². The number of amides is 1. The summed E-state index contributed by atoms with van der Waals surface area (Å²) in [7, 11) is 0. The zero-order chi connectivity index (χ0) is 18.1. The smallest absolute Gasteiger partial charge is 0.251 e. The first-order valence-corrected chi connectivity index (χ1v) is 9.08. The lowest BCUT2D eigenvalue weighted by molar-refractivity contribution is -0.117. The second kappa shape index (κ2) is 10.0. The lowest BCUT2D eigenvalue weighted by Gasteiger charge is -2.30. The fourth-order valence-electron chi connectivity index (χ4n) is 3.01. The number of rotatable bonds is 5. The summed E-state index contributed by atoms with van der Waals surface area (Å²) >= 11 is 0. The quantitative estimate of drug-likeness (QED) is 0.760. The Balaban J connectivity index is 0.00000109. The monoisotopic (exact) mass is 343 g/mol. The number of aliphatic hydroxyl groups excluding tert-OH is 1. The highest BCUT2D eigenvalue weighted by Gasteiger charge is 2.19. The van der Waals surface area contributed by atoms with Gasteiger partial charge in [-0.05, 0) is 29.8 Å². The third-order valence-corrected chi connectivity index (χ3v) is 4.26. The molecule has 0 spiro atoms. The Hall–Kier alpha value is -2.11. The van der Waals surface area contributed by atoms with E-state index in [1.807, 2.05) is 19.9 Å². The molecule has 25 heavy (non-hydrogen) atoms. The van der Waals surface area contributed by atoms with Crippen LogP contribution < -0.4 is 10.6 Å². The summed E-state index contributed by atoms with van der Waals surface area (Å²) in [4.78, 5) is 14.2. The predicted octanol–water partition coefficient (Wildman–Crippen LogP) is 1.59. The zero-order valence-electron chi connectivity index (χ0n) is 15.2. The standard InChI is InChI=1S/C18H23N3O2.C2H6/c22-17(11-20-18(23)15-5-8-19-9-6-15)13-21-10-7-14-3-1-2-4-16(14)12-21;1-2/h1-6,8,17,19,22H,7,9-13H2,(H,20,23);1-2H3. The molecule has 0 aromatic heterocycles. The van der Waals surface area contributed by atoms with Crippen molar-refractivity contribution in [3.8, 4) is 0 Å². The van der Waals surface area contributed by atoms with Crippen molar-refractivity contribution < 1.29 is 9.90 Å². The molecule has 0 radical (unpaired) electrons. The first-order chi connectivity index (χ1) is 12.2. The molecule has 0 aliphatic carbocycles. The summed E-state index contributed by atoms with van der Waals surface area (Å²) in [6.45, 7) is 7.32. The number of nitrogens with zero attached hydrogens (tertiary/aromatic N) is 1. The molecule has 0 saturated carbocycles. The summed E-state index contributed by atoms with van der Waals surface area (Å²) in [5, 5.41) is 16.0. The highest BCUT2D eigenvalue weighted by atomic mass is 16.3. The van der Waals surface area contributed by atoms with E-state index >= 15 is 0 Å². The fourth-order valence-corrected chi connectivity index (χ4v) is 3.01. The van der Waals surface area contributed by atoms with Gasteiger partial charge in [0.25, 0.3) is 5.91 Å². The molecule has 0 saturated heterocycles. The summed E-state index contributed by atoms with van der Waals surface area (Å²) in [5.41, 5.74) is 3.37. The number of β-amino-alcohol motifs (C(OH)–C–C–N with tert-alkyl or cyclic N) is 1. The van der Waals surface area contributed by atoms with Crippen LogP contribution in [0.25, 0.3) is 0 Å². The highest BCUT2D eigenvalue weighted by Crippen LogP contribution is 2.18. The molecule has 2 heterocycles. The molecule has 1 amide bonds. The maximum atomic E-state index is 12.0. The van der Waals surface area contributed by atoms with Crippen molar-refractivity contribution in [3.05, 3.63) is 59.3 Å². The van der Waals surface area contributed by atoms with E-state index in [4.69, 9.17) is 0 Å². The van der Waals surface area contributed by atoms with Gasteiger partial charge in [-0.25, -0.2) is 0 Å². The Morgan fingerprint density at radius 3 is 2.80 bits per heavy atom. The molecule has 1 aromatic carbocycles. The van der Waals surface area contributed by atoms with Crippen LogP contribution in [0.5, 0.6) is 0 Å². The molecule has 0 bridgehead atoms. The van der Waals surface area contributed by atoms with Gasteiger partial charge in [-0.2, -0.15) is 0 Å². The van der Waals surface area contributed by atoms with E-state index in [9.17, 15) is 9.90 Å². The van der Waals surface area contributed by atoms with Gasteiger partial charge in [0.2, 0.25) is 0 Å². The van der Waals surface area contributed by atoms with Gasteiger partial charge in [0, 0.05) is 38.3 Å². The predicted molar refractivity (Wildman–Crippen MR) is 101 cm³/mol. The lowest BCUT2D eigenvalue weighted by Crippen LogP contribution is -2.42. The molecular weight excluding hydrogens is 314 g/mol. The van der Waals surface area contributed by atoms with Crippen LogP contribution in [-0.4, -0.2) is 48.2 Å². The number of fused-ring (bicyclic) bond motifs is 1. The van der Waals surface area contributed by atoms with Crippen molar-refractivity contribution in [2.75, 3.05) is 26.2 Å². The van der Waals surface area contributed by atoms with Crippen LogP contribution in [0.4, 0.5) is 0 Å². The maximum absolute atomic E-state index is 12.0. The van der Waals surface area contributed by atoms with Gasteiger partial charge in [-0.15, -0.1) is 0 Å². The molecule has 5 heteroatoms. The van der Waals surface area contributed by atoms with Gasteiger partial charge >= 0.3 is 0 Å². The van der Waals surface area contributed by atoms with Gasteiger partial charge in [0.15, 0.2) is 0 Å². The summed E-state index contributed by atoms with van der Waals surface area (Å²) in [5.74, 6) is -0.134. The van der Waals surface area contributed by atoms with Crippen LogP contribution in [-0.2, 0) is 17.8 Å². The second-order valence-corrected chi connectivity index (χ2v) is 6.02. The molecule has 1 atom stereocenters. The molecule has 136 valence electrons. The first kappa shape index (κ1) is 19.2. The maximum Gasteiger partial charge on any atom is 0.251 e. The average molecular weight is 343 g/mol. The van der Waals surface area contributed by atoms with Crippen LogP contribution in [0.3, 0.4) is 0 Å². The largest absolute Gasteiger partial charge is 0.390 e. The first-order valence-electron chi connectivity index (χ1n) is 9.08. The topological polar surface area (TPSA) is 64.6 Å². The zero-order valence-corrected chi connectivity index (χ0v) is 15.2. The van der Waals surface area contributed by atoms with Gasteiger partial charge in [-0.3, -0.25) is 9.69 Å². The van der Waals surface area contributed by atoms with Crippen LogP contribution in [0.15, 0.2) is 48.2 Å². The van der Waals surface area contributed by atoms with Crippen molar-refractivity contribution in [1.82, 2.24) is 15.5 Å². The summed E-state index contributed by atoms with van der Waals surface area (Å²) in [6, 6.07) is 8.44. The highest BCUT2D eigenvalue weighted by molar-refractivity contribution is 5.96. The minimum absolute atomic E-state index is 0.134. The van der Waals surface area contributed by atoms with Gasteiger partial charge in [-0.1, -0.05) is 44.2 Å². The number of carbonyl (C=O) groups is 1. The molecule has 2 aliphatic heterocycles. The van der Waals surface area contributed by atoms with E-state index in [-0.39, 0.29) is 12.5 Å². The van der Waals surface area contributed by atoms with Gasteiger partial charge in [0.05, 0.1) is 6.10 Å². The number of dihydropyridines is 1. The second-order valence-electron chi connectivity index (χ2n) is 6.02. The van der Waals surface area contributed by atoms with E-state index < -0.39 is 6.10 Å². The third kappa shape index (κ3) is 5.73. The normalized spacial score (nSPS) is 17.3. The molecule has 3 rings (SSSR count). The van der Waals surface area contributed by atoms with E-state index in [2.05, 4.69) is 39.8 Å². The summed E-state index contributed by atoms with van der Waals surface area (Å²) in [6.07, 6.45) is 5.79. The molecule has 2 aliphatic rings. The van der Waals surface area contributed by atoms with E-state index in [1.165, 1.54) is 11.1 Å². The minimum atomic E-state index is -0.560. The number of hydrogen-bond donors (Lipinski definition) is 3. The Kier molecular flexibility index (Phi) is 7.70. The number of benzene rings is 1. The van der Waals surface area contributed by atoms with Gasteiger partial charge in [0.1, 0.15) is 0 Å². The Labute approximate surface area is 150 Å². The van der Waals surface area contributed by atoms with Crippen LogP contribution in [0.1, 0.15) is 25.0 Å². The van der Waals surface area contributed by atoms with Crippen molar-refractivity contribution in [2.45, 2.75) is 32.9 Å². The van der Waals surface area contributed by atoms with E-state index in [0.29, 0.717) is 18.7 Å². The Morgan fingerprint density at radius 2 is 2.08 bits per heavy atom. The minimum Gasteiger partial charge on any atom is -0.390 e. The number of hydrogen-bond acceptors (Lipinski definition) is 4. The Morgan fingerprint density at radius 1 is 1.32 bits per heavy atom.